The van der Waals surface area contributed by atoms with Gasteiger partial charge in [-0.15, -0.1) is 0 Å². The van der Waals surface area contributed by atoms with E-state index in [4.69, 9.17) is 5.11 Å². The number of nitrogens with one attached hydrogen (secondary N) is 1. The Morgan fingerprint density at radius 2 is 2.28 bits per heavy atom. The van der Waals surface area contributed by atoms with Gasteiger partial charge in [-0.25, -0.2) is 4.39 Å². The Morgan fingerprint density at radius 1 is 1.67 bits per heavy atom. The number of nitrogens with zero attached hydrogens (tertiary/aromatic N) is 1. The molecule has 0 amide bonds. The number of benzene rings is 1. The molecule has 6 nitrogen and oxygen atoms in total. The molecule has 1 rings (SSSR count). The van der Waals surface area contributed by atoms with Crippen LogP contribution in [-0.4, -0.2) is 22.5 Å². The number of hydrogen-bond donors (Lipinski definition) is 2. The van der Waals surface area contributed by atoms with Gasteiger partial charge in [0.2, 0.25) is 0 Å². The zero-order chi connectivity index (χ0) is 13.9. The molecule has 0 spiro atoms. The Kier molecular flexibility index (Phi) is 4.60. The molecule has 0 saturated carbocycles. The second-order valence-corrected chi connectivity index (χ2v) is 4.52. The predicted molar refractivity (Wildman–Crippen MR) is 66.0 cm³/mol. The standard InChI is InChI=1S/C10H10BrFN2O4/c1-5(10(15)16)4-13-8-2-6(11)7(12)3-9(8)14(17)18/h2-3,5,13H,4H2,1H3,(H,15,16). The van der Waals surface area contributed by atoms with E-state index in [9.17, 15) is 19.3 Å². The van der Waals surface area contributed by atoms with Gasteiger partial charge in [0.25, 0.3) is 5.69 Å². The first kappa shape index (κ1) is 14.4. The second-order valence-electron chi connectivity index (χ2n) is 3.66. The van der Waals surface area contributed by atoms with Gasteiger partial charge < -0.3 is 10.4 Å². The lowest BCUT2D eigenvalue weighted by Gasteiger charge is -2.10. The van der Waals surface area contributed by atoms with Gasteiger partial charge in [0.1, 0.15) is 11.5 Å². The average Bonchev–Trinajstić information content (AvgIpc) is 2.29. The Morgan fingerprint density at radius 3 is 2.78 bits per heavy atom. The van der Waals surface area contributed by atoms with Crippen molar-refractivity contribution in [2.75, 3.05) is 11.9 Å². The fraction of sp³-hybridized carbons (Fsp3) is 0.300. The van der Waals surface area contributed by atoms with Crippen LogP contribution < -0.4 is 5.32 Å². The minimum Gasteiger partial charge on any atom is -0.481 e. The molecule has 0 aromatic heterocycles. The minimum absolute atomic E-state index is 0.00818. The summed E-state index contributed by atoms with van der Waals surface area (Å²) in [4.78, 5) is 20.6. The van der Waals surface area contributed by atoms with Crippen LogP contribution in [0.25, 0.3) is 0 Å². The fourth-order valence-corrected chi connectivity index (χ4v) is 1.52. The van der Waals surface area contributed by atoms with E-state index in [0.29, 0.717) is 0 Å². The quantitative estimate of drug-likeness (QED) is 0.642. The number of anilines is 1. The molecule has 0 fully saturated rings. The van der Waals surface area contributed by atoms with E-state index in [1.165, 1.54) is 13.0 Å². The zero-order valence-electron chi connectivity index (χ0n) is 9.31. The number of carboxylic acid groups (broad SMARTS) is 1. The maximum absolute atomic E-state index is 13.2. The Balaban J connectivity index is 2.97. The van der Waals surface area contributed by atoms with Crippen molar-refractivity contribution >= 4 is 33.3 Å². The Hall–Kier alpha value is -1.70. The molecule has 0 radical (unpaired) electrons. The highest BCUT2D eigenvalue weighted by Gasteiger charge is 2.19. The van der Waals surface area contributed by atoms with Crippen molar-refractivity contribution < 1.29 is 19.2 Å². The van der Waals surface area contributed by atoms with Crippen molar-refractivity contribution in [3.8, 4) is 0 Å². The molecule has 1 aromatic rings. The SMILES string of the molecule is CC(CNc1cc(Br)c(F)cc1[N+](=O)[O-])C(=O)O. The zero-order valence-corrected chi connectivity index (χ0v) is 10.9. The van der Waals surface area contributed by atoms with Gasteiger partial charge in [0, 0.05) is 6.54 Å². The van der Waals surface area contributed by atoms with Crippen LogP contribution in [0, 0.1) is 21.8 Å². The molecule has 0 saturated heterocycles. The lowest BCUT2D eigenvalue weighted by Crippen LogP contribution is -2.20. The van der Waals surface area contributed by atoms with Gasteiger partial charge in [-0.2, -0.15) is 0 Å². The first-order valence-corrected chi connectivity index (χ1v) is 5.72. The summed E-state index contributed by atoms with van der Waals surface area (Å²) in [6.07, 6.45) is 0. The fourth-order valence-electron chi connectivity index (χ4n) is 1.18. The third-order valence-corrected chi connectivity index (χ3v) is 2.86. The predicted octanol–water partition coefficient (Wildman–Crippen LogP) is 2.63. The summed E-state index contributed by atoms with van der Waals surface area (Å²) in [5.74, 6) is -2.49. The molecule has 0 bridgehead atoms. The summed E-state index contributed by atoms with van der Waals surface area (Å²) in [7, 11) is 0. The molecule has 98 valence electrons. The van der Waals surface area contributed by atoms with Crippen molar-refractivity contribution in [1.29, 1.82) is 0 Å². The molecular weight excluding hydrogens is 311 g/mol. The summed E-state index contributed by atoms with van der Waals surface area (Å²) in [6, 6.07) is 1.99. The molecule has 2 N–H and O–H groups in total. The first-order valence-electron chi connectivity index (χ1n) is 4.93. The maximum Gasteiger partial charge on any atom is 0.308 e. The van der Waals surface area contributed by atoms with Crippen molar-refractivity contribution in [2.24, 2.45) is 5.92 Å². The van der Waals surface area contributed by atoms with Crippen LogP contribution in [0.3, 0.4) is 0 Å². The number of carbonyl (C=O) groups is 1. The number of nitro benzene ring substituents is 1. The van der Waals surface area contributed by atoms with Crippen LogP contribution in [0.1, 0.15) is 6.92 Å². The van der Waals surface area contributed by atoms with E-state index in [1.54, 1.807) is 0 Å². The van der Waals surface area contributed by atoms with Gasteiger partial charge in [-0.3, -0.25) is 14.9 Å². The molecule has 0 aliphatic heterocycles. The third kappa shape index (κ3) is 3.39. The van der Waals surface area contributed by atoms with Gasteiger partial charge in [-0.1, -0.05) is 6.92 Å². The highest BCUT2D eigenvalue weighted by molar-refractivity contribution is 9.10. The van der Waals surface area contributed by atoms with Crippen LogP contribution >= 0.6 is 15.9 Å². The van der Waals surface area contributed by atoms with E-state index in [2.05, 4.69) is 21.2 Å². The number of halogens is 2. The smallest absolute Gasteiger partial charge is 0.308 e. The number of carboxylic acids is 1. The van der Waals surface area contributed by atoms with Crippen LogP contribution in [0.15, 0.2) is 16.6 Å². The van der Waals surface area contributed by atoms with E-state index >= 15 is 0 Å². The lowest BCUT2D eigenvalue weighted by atomic mass is 10.2. The largest absolute Gasteiger partial charge is 0.481 e. The van der Waals surface area contributed by atoms with Crippen LogP contribution in [-0.2, 0) is 4.79 Å². The van der Waals surface area contributed by atoms with Crippen LogP contribution in [0.2, 0.25) is 0 Å². The second kappa shape index (κ2) is 5.76. The minimum atomic E-state index is -1.02. The van der Waals surface area contributed by atoms with Crippen molar-refractivity contribution in [3.63, 3.8) is 0 Å². The third-order valence-electron chi connectivity index (χ3n) is 2.26. The molecule has 0 aliphatic carbocycles. The maximum atomic E-state index is 13.2. The number of hydrogen-bond acceptors (Lipinski definition) is 4. The normalized spacial score (nSPS) is 11.9. The van der Waals surface area contributed by atoms with Gasteiger partial charge in [-0.05, 0) is 22.0 Å². The van der Waals surface area contributed by atoms with E-state index in [-0.39, 0.29) is 16.7 Å². The molecule has 0 aliphatic rings. The molecular formula is C10H10BrFN2O4. The topological polar surface area (TPSA) is 92.5 Å². The van der Waals surface area contributed by atoms with E-state index < -0.39 is 28.3 Å². The number of aliphatic carboxylic acids is 1. The van der Waals surface area contributed by atoms with E-state index in [1.807, 2.05) is 0 Å². The lowest BCUT2D eigenvalue weighted by molar-refractivity contribution is -0.384. The average molecular weight is 321 g/mol. The van der Waals surface area contributed by atoms with Gasteiger partial charge in [0.15, 0.2) is 0 Å². The van der Waals surface area contributed by atoms with Crippen molar-refractivity contribution in [3.05, 3.63) is 32.5 Å². The molecule has 1 unspecified atom stereocenters. The number of rotatable bonds is 5. The highest BCUT2D eigenvalue weighted by Crippen LogP contribution is 2.30. The van der Waals surface area contributed by atoms with Gasteiger partial charge in [0.05, 0.1) is 21.4 Å². The van der Waals surface area contributed by atoms with Gasteiger partial charge >= 0.3 is 5.97 Å². The van der Waals surface area contributed by atoms with Crippen LogP contribution in [0.5, 0.6) is 0 Å². The monoisotopic (exact) mass is 320 g/mol. The summed E-state index contributed by atoms with van der Waals surface area (Å²) < 4.78 is 13.2. The van der Waals surface area contributed by atoms with Crippen molar-refractivity contribution in [1.82, 2.24) is 0 Å². The molecule has 0 heterocycles. The Labute approximate surface area is 110 Å². The summed E-state index contributed by atoms with van der Waals surface area (Å²) in [5, 5.41) is 22.0. The molecule has 1 aromatic carbocycles. The Bertz CT molecular complexity index is 495. The number of nitro groups is 1. The highest BCUT2D eigenvalue weighted by atomic mass is 79.9. The van der Waals surface area contributed by atoms with E-state index in [0.717, 1.165) is 6.07 Å². The van der Waals surface area contributed by atoms with Crippen molar-refractivity contribution in [2.45, 2.75) is 6.92 Å². The molecule has 8 heteroatoms. The summed E-state index contributed by atoms with van der Waals surface area (Å²) in [6.45, 7) is 1.47. The first-order chi connectivity index (χ1) is 8.32. The molecule has 1 atom stereocenters. The van der Waals surface area contributed by atoms with Crippen LogP contribution in [0.4, 0.5) is 15.8 Å². The molecule has 18 heavy (non-hydrogen) atoms. The summed E-state index contributed by atoms with van der Waals surface area (Å²) in [5.41, 5.74) is -0.366. The summed E-state index contributed by atoms with van der Waals surface area (Å²) >= 11 is 2.91.